The van der Waals surface area contributed by atoms with Gasteiger partial charge in [0.05, 0.1) is 23.8 Å². The van der Waals surface area contributed by atoms with Crippen molar-refractivity contribution in [1.82, 2.24) is 14.1 Å². The summed E-state index contributed by atoms with van der Waals surface area (Å²) in [6.45, 7) is 4.60. The number of ether oxygens (including phenoxy) is 2. The standard InChI is InChI=1S/C24H20ClN3O4/c1-14-7-18(15(2)28(14)10-16-3-6-22-23(8-16)32-13-31-22)21(29)11-27-12-26-20-5-4-17(25)9-19(20)24(27)30/h3-9,12H,10-11,13H2,1-2H3. The Bertz CT molecular complexity index is 1440. The second kappa shape index (κ2) is 7.84. The van der Waals surface area contributed by atoms with E-state index in [2.05, 4.69) is 9.55 Å². The molecule has 0 spiro atoms. The van der Waals surface area contributed by atoms with E-state index in [9.17, 15) is 9.59 Å². The van der Waals surface area contributed by atoms with Gasteiger partial charge in [-0.15, -0.1) is 0 Å². The summed E-state index contributed by atoms with van der Waals surface area (Å²) in [7, 11) is 0. The third-order valence-electron chi connectivity index (χ3n) is 5.75. The van der Waals surface area contributed by atoms with Crippen LogP contribution in [-0.2, 0) is 13.1 Å². The highest BCUT2D eigenvalue weighted by atomic mass is 35.5. The van der Waals surface area contributed by atoms with Gasteiger partial charge in [0.2, 0.25) is 6.79 Å². The molecule has 2 aromatic heterocycles. The van der Waals surface area contributed by atoms with Gasteiger partial charge in [0.1, 0.15) is 0 Å². The van der Waals surface area contributed by atoms with Crippen LogP contribution in [0.4, 0.5) is 0 Å². The summed E-state index contributed by atoms with van der Waals surface area (Å²) in [6, 6.07) is 12.6. The minimum Gasteiger partial charge on any atom is -0.454 e. The first-order valence-corrected chi connectivity index (χ1v) is 10.5. The van der Waals surface area contributed by atoms with Gasteiger partial charge >= 0.3 is 0 Å². The predicted octanol–water partition coefficient (Wildman–Crippen LogP) is 4.13. The smallest absolute Gasteiger partial charge is 0.261 e. The minimum absolute atomic E-state index is 0.0946. The van der Waals surface area contributed by atoms with E-state index >= 15 is 0 Å². The van der Waals surface area contributed by atoms with Crippen LogP contribution in [0.15, 0.2) is 53.6 Å². The molecule has 0 saturated heterocycles. The Balaban J connectivity index is 1.42. The van der Waals surface area contributed by atoms with Crippen LogP contribution in [0.5, 0.6) is 11.5 Å². The second-order valence-corrected chi connectivity index (χ2v) is 8.26. The Kier molecular flexibility index (Phi) is 4.98. The Morgan fingerprint density at radius 3 is 2.75 bits per heavy atom. The molecular formula is C24H20ClN3O4. The highest BCUT2D eigenvalue weighted by Gasteiger charge is 2.19. The third-order valence-corrected chi connectivity index (χ3v) is 5.99. The SMILES string of the molecule is Cc1cc(C(=O)Cn2cnc3ccc(Cl)cc3c2=O)c(C)n1Cc1ccc2c(c1)OCO2. The van der Waals surface area contributed by atoms with Crippen LogP contribution in [0, 0.1) is 13.8 Å². The molecule has 0 radical (unpaired) electrons. The molecule has 0 fully saturated rings. The van der Waals surface area contributed by atoms with Crippen LogP contribution in [0.1, 0.15) is 27.3 Å². The summed E-state index contributed by atoms with van der Waals surface area (Å²) < 4.78 is 14.2. The zero-order chi connectivity index (χ0) is 22.4. The molecule has 0 bridgehead atoms. The molecule has 8 heteroatoms. The zero-order valence-corrected chi connectivity index (χ0v) is 18.3. The van der Waals surface area contributed by atoms with Gasteiger partial charge in [0.25, 0.3) is 5.56 Å². The number of carbonyl (C=O) groups is 1. The van der Waals surface area contributed by atoms with Crippen molar-refractivity contribution < 1.29 is 14.3 Å². The molecule has 4 aromatic rings. The monoisotopic (exact) mass is 449 g/mol. The fraction of sp³-hybridized carbons (Fsp3) is 0.208. The highest BCUT2D eigenvalue weighted by Crippen LogP contribution is 2.33. The van der Waals surface area contributed by atoms with Crippen LogP contribution in [0.3, 0.4) is 0 Å². The third kappa shape index (κ3) is 3.54. The molecule has 0 N–H and O–H groups in total. The lowest BCUT2D eigenvalue weighted by Gasteiger charge is -2.11. The van der Waals surface area contributed by atoms with E-state index in [-0.39, 0.29) is 24.7 Å². The molecule has 1 aliphatic heterocycles. The maximum Gasteiger partial charge on any atom is 0.261 e. The average Bonchev–Trinajstić information content (AvgIpc) is 3.35. The number of Topliss-reactive ketones (excluding diaryl/α,β-unsaturated/α-hetero) is 1. The van der Waals surface area contributed by atoms with Gasteiger partial charge < -0.3 is 14.0 Å². The number of aromatic nitrogens is 3. The summed E-state index contributed by atoms with van der Waals surface area (Å²) in [5.41, 5.74) is 3.68. The summed E-state index contributed by atoms with van der Waals surface area (Å²) in [4.78, 5) is 30.2. The van der Waals surface area contributed by atoms with Crippen molar-refractivity contribution in [3.8, 4) is 11.5 Å². The van der Waals surface area contributed by atoms with Gasteiger partial charge in [-0.3, -0.25) is 14.2 Å². The second-order valence-electron chi connectivity index (χ2n) is 7.82. The predicted molar refractivity (Wildman–Crippen MR) is 121 cm³/mol. The first kappa shape index (κ1) is 20.3. The Morgan fingerprint density at radius 1 is 1.09 bits per heavy atom. The highest BCUT2D eigenvalue weighted by molar-refractivity contribution is 6.31. The van der Waals surface area contributed by atoms with E-state index in [1.807, 2.05) is 38.1 Å². The normalized spacial score (nSPS) is 12.5. The van der Waals surface area contributed by atoms with Crippen LogP contribution >= 0.6 is 11.6 Å². The number of hydrogen-bond donors (Lipinski definition) is 0. The van der Waals surface area contributed by atoms with Gasteiger partial charge in [0.15, 0.2) is 17.3 Å². The maximum atomic E-state index is 13.1. The fourth-order valence-corrected chi connectivity index (χ4v) is 4.20. The van der Waals surface area contributed by atoms with Crippen LogP contribution in [0.25, 0.3) is 10.9 Å². The summed E-state index contributed by atoms with van der Waals surface area (Å²) in [6.07, 6.45) is 1.41. The number of ketones is 1. The van der Waals surface area contributed by atoms with E-state index in [0.29, 0.717) is 28.0 Å². The van der Waals surface area contributed by atoms with E-state index < -0.39 is 0 Å². The fourth-order valence-electron chi connectivity index (χ4n) is 4.03. The van der Waals surface area contributed by atoms with Crippen LogP contribution < -0.4 is 15.0 Å². The molecule has 0 aliphatic carbocycles. The van der Waals surface area contributed by atoms with Crippen molar-refractivity contribution in [3.63, 3.8) is 0 Å². The van der Waals surface area contributed by atoms with Crippen molar-refractivity contribution in [2.75, 3.05) is 6.79 Å². The summed E-state index contributed by atoms with van der Waals surface area (Å²) in [5, 5.41) is 0.841. The molecule has 0 unspecified atom stereocenters. The van der Waals surface area contributed by atoms with Crippen molar-refractivity contribution in [1.29, 1.82) is 0 Å². The first-order chi connectivity index (χ1) is 15.4. The van der Waals surface area contributed by atoms with Gasteiger partial charge in [-0.2, -0.15) is 0 Å². The molecule has 1 aliphatic rings. The number of benzene rings is 2. The molecule has 3 heterocycles. The average molecular weight is 450 g/mol. The Morgan fingerprint density at radius 2 is 1.91 bits per heavy atom. The molecule has 32 heavy (non-hydrogen) atoms. The summed E-state index contributed by atoms with van der Waals surface area (Å²) in [5.74, 6) is 1.31. The van der Waals surface area contributed by atoms with Gasteiger partial charge in [0, 0.05) is 28.5 Å². The maximum absolute atomic E-state index is 13.1. The lowest BCUT2D eigenvalue weighted by Crippen LogP contribution is -2.25. The molecule has 7 nitrogen and oxygen atoms in total. The topological polar surface area (TPSA) is 75.4 Å². The lowest BCUT2D eigenvalue weighted by molar-refractivity contribution is 0.0970. The number of halogens is 1. The number of nitrogens with zero attached hydrogens (tertiary/aromatic N) is 3. The number of fused-ring (bicyclic) bond motifs is 2. The molecule has 162 valence electrons. The van der Waals surface area contributed by atoms with E-state index in [1.165, 1.54) is 10.9 Å². The first-order valence-electron chi connectivity index (χ1n) is 10.1. The number of hydrogen-bond acceptors (Lipinski definition) is 5. The quantitative estimate of drug-likeness (QED) is 0.428. The largest absolute Gasteiger partial charge is 0.454 e. The number of aryl methyl sites for hydroxylation is 1. The summed E-state index contributed by atoms with van der Waals surface area (Å²) >= 11 is 6.02. The molecule has 2 aromatic carbocycles. The lowest BCUT2D eigenvalue weighted by atomic mass is 10.1. The van der Waals surface area contributed by atoms with Gasteiger partial charge in [-0.1, -0.05) is 17.7 Å². The number of rotatable bonds is 5. The van der Waals surface area contributed by atoms with Crippen molar-refractivity contribution in [2.24, 2.45) is 0 Å². The van der Waals surface area contributed by atoms with Gasteiger partial charge in [-0.05, 0) is 55.8 Å². The molecule has 0 saturated carbocycles. The molecule has 5 rings (SSSR count). The Labute approximate surface area is 188 Å². The van der Waals surface area contributed by atoms with Crippen LogP contribution in [0.2, 0.25) is 5.02 Å². The van der Waals surface area contributed by atoms with E-state index in [4.69, 9.17) is 21.1 Å². The molecule has 0 atom stereocenters. The molecular weight excluding hydrogens is 430 g/mol. The van der Waals surface area contributed by atoms with E-state index in [0.717, 1.165) is 28.5 Å². The van der Waals surface area contributed by atoms with Crippen molar-refractivity contribution in [3.05, 3.63) is 86.7 Å². The Hall–Kier alpha value is -3.58. The number of carbonyl (C=O) groups excluding carboxylic acids is 1. The minimum atomic E-state index is -0.292. The van der Waals surface area contributed by atoms with Crippen molar-refractivity contribution >= 4 is 28.3 Å². The van der Waals surface area contributed by atoms with E-state index in [1.54, 1.807) is 18.2 Å². The van der Waals surface area contributed by atoms with Crippen molar-refractivity contribution in [2.45, 2.75) is 26.9 Å². The molecule has 0 amide bonds. The van der Waals surface area contributed by atoms with Gasteiger partial charge in [-0.25, -0.2) is 4.98 Å². The zero-order valence-electron chi connectivity index (χ0n) is 17.6. The van der Waals surface area contributed by atoms with Crippen LogP contribution in [-0.4, -0.2) is 26.7 Å².